The third-order valence-electron chi connectivity index (χ3n) is 5.49. The standard InChI is InChI=1S/C26H31N5O2/c1-19-7-5-8-20(2)25(19)29-26-24-16-27-18-31(24)23(17-28-26)21-9-6-10-22(15-21)33-14-13-32-12-11-30(3)4/h5-10,15-18H,11-14H2,1-4H3,(H,28,29). The maximum atomic E-state index is 5.90. The highest BCUT2D eigenvalue weighted by Gasteiger charge is 2.12. The highest BCUT2D eigenvalue weighted by atomic mass is 16.5. The molecule has 2 heterocycles. The number of benzene rings is 2. The van der Waals surface area contributed by atoms with Crippen molar-refractivity contribution >= 4 is 17.0 Å². The number of para-hydroxylation sites is 1. The topological polar surface area (TPSA) is 63.9 Å². The third kappa shape index (κ3) is 5.50. The van der Waals surface area contributed by atoms with Gasteiger partial charge in [-0.3, -0.25) is 4.40 Å². The molecule has 7 nitrogen and oxygen atoms in total. The summed E-state index contributed by atoms with van der Waals surface area (Å²) in [5.41, 5.74) is 6.29. The second-order valence-corrected chi connectivity index (χ2v) is 8.32. The van der Waals surface area contributed by atoms with Gasteiger partial charge < -0.3 is 19.7 Å². The molecular formula is C26H31N5O2. The van der Waals surface area contributed by atoms with Crippen molar-refractivity contribution in [1.29, 1.82) is 0 Å². The Bertz CT molecular complexity index is 1200. The zero-order valence-corrected chi connectivity index (χ0v) is 19.7. The van der Waals surface area contributed by atoms with Crippen molar-refractivity contribution in [3.63, 3.8) is 0 Å². The Labute approximate surface area is 195 Å². The molecule has 0 saturated carbocycles. The van der Waals surface area contributed by atoms with Crippen LogP contribution in [0.4, 0.5) is 11.5 Å². The summed E-state index contributed by atoms with van der Waals surface area (Å²) >= 11 is 0. The van der Waals surface area contributed by atoms with E-state index in [-0.39, 0.29) is 0 Å². The molecule has 2 aromatic carbocycles. The highest BCUT2D eigenvalue weighted by Crippen LogP contribution is 2.29. The minimum Gasteiger partial charge on any atom is -0.491 e. The molecule has 4 aromatic rings. The lowest BCUT2D eigenvalue weighted by atomic mass is 10.1. The number of imidazole rings is 1. The molecular weight excluding hydrogens is 414 g/mol. The summed E-state index contributed by atoms with van der Waals surface area (Å²) in [5.74, 6) is 1.57. The molecule has 0 atom stereocenters. The first-order chi connectivity index (χ1) is 16.0. The SMILES string of the molecule is Cc1cccc(C)c1Nc1ncc(-c2cccc(OCCOCCN(C)C)c2)n2cncc12. The molecule has 0 radical (unpaired) electrons. The van der Waals surface area contributed by atoms with Crippen LogP contribution < -0.4 is 10.1 Å². The Balaban J connectivity index is 1.51. The normalized spacial score (nSPS) is 11.3. The van der Waals surface area contributed by atoms with Crippen molar-refractivity contribution in [2.45, 2.75) is 13.8 Å². The number of nitrogens with one attached hydrogen (secondary N) is 1. The maximum absolute atomic E-state index is 5.90. The monoisotopic (exact) mass is 445 g/mol. The van der Waals surface area contributed by atoms with Crippen LogP contribution in [0.2, 0.25) is 0 Å². The predicted octanol–water partition coefficient (Wildman–Crippen LogP) is 4.71. The number of ether oxygens (including phenoxy) is 2. The zero-order chi connectivity index (χ0) is 23.2. The Morgan fingerprint density at radius 2 is 1.76 bits per heavy atom. The van der Waals surface area contributed by atoms with Gasteiger partial charge in [0.1, 0.15) is 17.9 Å². The molecule has 33 heavy (non-hydrogen) atoms. The molecule has 0 fully saturated rings. The van der Waals surface area contributed by atoms with E-state index < -0.39 is 0 Å². The van der Waals surface area contributed by atoms with Gasteiger partial charge >= 0.3 is 0 Å². The van der Waals surface area contributed by atoms with Gasteiger partial charge in [-0.15, -0.1) is 0 Å². The fourth-order valence-electron chi connectivity index (χ4n) is 3.67. The number of rotatable bonds is 10. The van der Waals surface area contributed by atoms with Gasteiger partial charge in [0.2, 0.25) is 0 Å². The van der Waals surface area contributed by atoms with Crippen LogP contribution in [0.25, 0.3) is 16.8 Å². The number of aryl methyl sites for hydroxylation is 2. The van der Waals surface area contributed by atoms with E-state index in [1.165, 1.54) is 11.1 Å². The molecule has 0 aliphatic heterocycles. The minimum absolute atomic E-state index is 0.508. The van der Waals surface area contributed by atoms with Crippen LogP contribution >= 0.6 is 0 Å². The van der Waals surface area contributed by atoms with Crippen molar-refractivity contribution in [2.75, 3.05) is 45.8 Å². The molecule has 0 unspecified atom stereocenters. The highest BCUT2D eigenvalue weighted by molar-refractivity contribution is 5.78. The maximum Gasteiger partial charge on any atom is 0.156 e. The van der Waals surface area contributed by atoms with Gasteiger partial charge in [0.05, 0.1) is 37.6 Å². The average molecular weight is 446 g/mol. The van der Waals surface area contributed by atoms with Gasteiger partial charge in [0.25, 0.3) is 0 Å². The molecule has 2 aromatic heterocycles. The lowest BCUT2D eigenvalue weighted by molar-refractivity contribution is 0.0890. The molecule has 0 bridgehead atoms. The number of aromatic nitrogens is 3. The number of nitrogens with zero attached hydrogens (tertiary/aromatic N) is 4. The van der Waals surface area contributed by atoms with E-state index in [1.54, 1.807) is 0 Å². The fraction of sp³-hybridized carbons (Fsp3) is 0.308. The lowest BCUT2D eigenvalue weighted by Crippen LogP contribution is -2.19. The van der Waals surface area contributed by atoms with E-state index in [4.69, 9.17) is 14.5 Å². The second kappa shape index (κ2) is 10.5. The van der Waals surface area contributed by atoms with E-state index in [2.05, 4.69) is 53.3 Å². The lowest BCUT2D eigenvalue weighted by Gasteiger charge is -2.15. The van der Waals surface area contributed by atoms with E-state index in [0.717, 1.165) is 40.6 Å². The Morgan fingerprint density at radius 1 is 0.970 bits per heavy atom. The first kappa shape index (κ1) is 22.8. The summed E-state index contributed by atoms with van der Waals surface area (Å²) in [6.07, 6.45) is 5.51. The fourth-order valence-corrected chi connectivity index (χ4v) is 3.67. The van der Waals surface area contributed by atoms with Gasteiger partial charge in [-0.1, -0.05) is 30.3 Å². The van der Waals surface area contributed by atoms with E-state index >= 15 is 0 Å². The summed E-state index contributed by atoms with van der Waals surface area (Å²) in [6.45, 7) is 6.85. The molecule has 0 amide bonds. The van der Waals surface area contributed by atoms with Crippen LogP contribution in [0.5, 0.6) is 5.75 Å². The molecule has 0 spiro atoms. The van der Waals surface area contributed by atoms with Crippen molar-refractivity contribution in [1.82, 2.24) is 19.3 Å². The predicted molar refractivity (Wildman–Crippen MR) is 132 cm³/mol. The van der Waals surface area contributed by atoms with E-state index in [0.29, 0.717) is 19.8 Å². The summed E-state index contributed by atoms with van der Waals surface area (Å²) in [5, 5.41) is 3.50. The minimum atomic E-state index is 0.508. The molecule has 7 heteroatoms. The quantitative estimate of drug-likeness (QED) is 0.357. The van der Waals surface area contributed by atoms with Gasteiger partial charge in [0.15, 0.2) is 5.82 Å². The van der Waals surface area contributed by atoms with Crippen molar-refractivity contribution in [3.8, 4) is 17.0 Å². The van der Waals surface area contributed by atoms with Crippen LogP contribution in [0.3, 0.4) is 0 Å². The molecule has 0 saturated heterocycles. The van der Waals surface area contributed by atoms with E-state index in [1.807, 2.05) is 55.4 Å². The van der Waals surface area contributed by atoms with Gasteiger partial charge in [0, 0.05) is 17.8 Å². The van der Waals surface area contributed by atoms with Gasteiger partial charge in [-0.2, -0.15) is 0 Å². The third-order valence-corrected chi connectivity index (χ3v) is 5.49. The van der Waals surface area contributed by atoms with Gasteiger partial charge in [-0.25, -0.2) is 9.97 Å². The molecule has 4 rings (SSSR count). The summed E-state index contributed by atoms with van der Waals surface area (Å²) in [4.78, 5) is 11.2. The van der Waals surface area contributed by atoms with Crippen LogP contribution in [0, 0.1) is 13.8 Å². The number of anilines is 2. The Kier molecular flexibility index (Phi) is 7.22. The first-order valence-corrected chi connectivity index (χ1v) is 11.1. The number of fused-ring (bicyclic) bond motifs is 1. The van der Waals surface area contributed by atoms with Crippen molar-refractivity contribution < 1.29 is 9.47 Å². The number of likely N-dealkylation sites (N-methyl/N-ethyl adjacent to an activating group) is 1. The zero-order valence-electron chi connectivity index (χ0n) is 19.7. The van der Waals surface area contributed by atoms with Crippen molar-refractivity contribution in [3.05, 3.63) is 72.3 Å². The molecule has 172 valence electrons. The van der Waals surface area contributed by atoms with Crippen LogP contribution in [-0.2, 0) is 4.74 Å². The average Bonchev–Trinajstić information content (AvgIpc) is 3.29. The van der Waals surface area contributed by atoms with Crippen LogP contribution in [0.1, 0.15) is 11.1 Å². The first-order valence-electron chi connectivity index (χ1n) is 11.1. The van der Waals surface area contributed by atoms with Crippen LogP contribution in [0.15, 0.2) is 61.2 Å². The Hall–Kier alpha value is -3.42. The molecule has 0 aliphatic rings. The van der Waals surface area contributed by atoms with E-state index in [9.17, 15) is 0 Å². The molecule has 0 aliphatic carbocycles. The molecule has 1 N–H and O–H groups in total. The van der Waals surface area contributed by atoms with Crippen molar-refractivity contribution in [2.24, 2.45) is 0 Å². The second-order valence-electron chi connectivity index (χ2n) is 8.32. The van der Waals surface area contributed by atoms with Crippen LogP contribution in [-0.4, -0.2) is 59.7 Å². The largest absolute Gasteiger partial charge is 0.491 e. The summed E-state index contributed by atoms with van der Waals surface area (Å²) < 4.78 is 13.6. The summed E-state index contributed by atoms with van der Waals surface area (Å²) in [7, 11) is 4.06. The smallest absolute Gasteiger partial charge is 0.156 e. The summed E-state index contributed by atoms with van der Waals surface area (Å²) in [6, 6.07) is 14.3. The Morgan fingerprint density at radius 3 is 2.55 bits per heavy atom. The number of hydrogen-bond donors (Lipinski definition) is 1. The van der Waals surface area contributed by atoms with Gasteiger partial charge in [-0.05, 0) is 51.2 Å². The number of hydrogen-bond acceptors (Lipinski definition) is 6.